The Morgan fingerprint density at radius 1 is 1.18 bits per heavy atom. The first-order valence-electron chi connectivity index (χ1n) is 10.1. The molecule has 2 aromatic carbocycles. The zero-order valence-electron chi connectivity index (χ0n) is 16.4. The molecule has 1 unspecified atom stereocenters. The molecule has 0 bridgehead atoms. The van der Waals surface area contributed by atoms with Gasteiger partial charge in [0.15, 0.2) is 0 Å². The van der Waals surface area contributed by atoms with Crippen LogP contribution in [-0.4, -0.2) is 37.6 Å². The Bertz CT molecular complexity index is 830. The molecule has 5 heteroatoms. The van der Waals surface area contributed by atoms with Crippen LogP contribution in [0.15, 0.2) is 42.5 Å². The van der Waals surface area contributed by atoms with Crippen molar-refractivity contribution in [3.05, 3.63) is 59.2 Å². The Morgan fingerprint density at radius 3 is 2.82 bits per heavy atom. The number of fused-ring (bicyclic) bond motifs is 1. The van der Waals surface area contributed by atoms with Gasteiger partial charge in [0.2, 0.25) is 5.91 Å². The highest BCUT2D eigenvalue weighted by molar-refractivity contribution is 5.79. The van der Waals surface area contributed by atoms with E-state index in [9.17, 15) is 4.79 Å². The molecule has 1 N–H and O–H groups in total. The molecule has 1 fully saturated rings. The predicted molar refractivity (Wildman–Crippen MR) is 108 cm³/mol. The number of carbonyl (C=O) groups is 1. The fourth-order valence-corrected chi connectivity index (χ4v) is 4.02. The number of amides is 1. The lowest BCUT2D eigenvalue weighted by atomic mass is 9.95. The molecule has 2 aliphatic heterocycles. The molecule has 1 atom stereocenters. The van der Waals surface area contributed by atoms with Crippen LogP contribution in [0.2, 0.25) is 0 Å². The molecule has 1 amide bonds. The Balaban J connectivity index is 1.32. The molecule has 2 aliphatic rings. The number of hydrogen-bond acceptors (Lipinski definition) is 4. The van der Waals surface area contributed by atoms with Crippen LogP contribution < -0.4 is 14.8 Å². The second kappa shape index (κ2) is 8.65. The normalized spacial score (nSPS) is 19.0. The van der Waals surface area contributed by atoms with Crippen molar-refractivity contribution in [1.29, 1.82) is 0 Å². The van der Waals surface area contributed by atoms with Crippen molar-refractivity contribution in [2.75, 3.05) is 26.8 Å². The van der Waals surface area contributed by atoms with Crippen LogP contribution in [0.25, 0.3) is 0 Å². The highest BCUT2D eigenvalue weighted by Crippen LogP contribution is 2.31. The average molecular weight is 380 g/mol. The number of benzene rings is 2. The second-order valence-electron chi connectivity index (χ2n) is 7.71. The molecule has 2 aromatic rings. The third-order valence-corrected chi connectivity index (χ3v) is 5.61. The molecule has 0 radical (unpaired) electrons. The first kappa shape index (κ1) is 18.8. The summed E-state index contributed by atoms with van der Waals surface area (Å²) in [6.45, 7) is 4.34. The Kier molecular flexibility index (Phi) is 5.81. The van der Waals surface area contributed by atoms with E-state index < -0.39 is 0 Å². The molecule has 2 heterocycles. The highest BCUT2D eigenvalue weighted by Gasteiger charge is 2.26. The van der Waals surface area contributed by atoms with Crippen molar-refractivity contribution < 1.29 is 14.3 Å². The van der Waals surface area contributed by atoms with Gasteiger partial charge in [0.05, 0.1) is 13.0 Å². The first-order chi connectivity index (χ1) is 13.7. The van der Waals surface area contributed by atoms with Gasteiger partial charge in [-0.15, -0.1) is 0 Å². The van der Waals surface area contributed by atoms with E-state index in [1.165, 1.54) is 31.5 Å². The number of rotatable bonds is 6. The van der Waals surface area contributed by atoms with Crippen molar-refractivity contribution in [1.82, 2.24) is 10.2 Å². The number of nitrogens with one attached hydrogen (secondary N) is 1. The van der Waals surface area contributed by atoms with Crippen LogP contribution in [0.5, 0.6) is 11.5 Å². The summed E-state index contributed by atoms with van der Waals surface area (Å²) >= 11 is 0. The SMILES string of the molecule is COc1ccc2c(c1)OCC(C(=O)NCc1cccc(CN3CCCC3)c1)C2. The van der Waals surface area contributed by atoms with Crippen LogP contribution >= 0.6 is 0 Å². The van der Waals surface area contributed by atoms with Gasteiger partial charge in [0.25, 0.3) is 0 Å². The summed E-state index contributed by atoms with van der Waals surface area (Å²) in [4.78, 5) is 15.1. The summed E-state index contributed by atoms with van der Waals surface area (Å²) in [5.74, 6) is 1.48. The van der Waals surface area contributed by atoms with E-state index in [0.29, 0.717) is 19.6 Å². The van der Waals surface area contributed by atoms with E-state index in [4.69, 9.17) is 9.47 Å². The lowest BCUT2D eigenvalue weighted by Gasteiger charge is -2.25. The Labute approximate surface area is 166 Å². The highest BCUT2D eigenvalue weighted by atomic mass is 16.5. The van der Waals surface area contributed by atoms with E-state index in [1.807, 2.05) is 18.2 Å². The van der Waals surface area contributed by atoms with Gasteiger partial charge in [0, 0.05) is 19.2 Å². The van der Waals surface area contributed by atoms with E-state index in [-0.39, 0.29) is 11.8 Å². The molecule has 4 rings (SSSR count). The monoisotopic (exact) mass is 380 g/mol. The average Bonchev–Trinajstić information content (AvgIpc) is 3.24. The smallest absolute Gasteiger partial charge is 0.227 e. The third kappa shape index (κ3) is 4.47. The lowest BCUT2D eigenvalue weighted by Crippen LogP contribution is -2.37. The van der Waals surface area contributed by atoms with Gasteiger partial charge in [-0.2, -0.15) is 0 Å². The maximum absolute atomic E-state index is 12.6. The molecule has 28 heavy (non-hydrogen) atoms. The molecule has 5 nitrogen and oxygen atoms in total. The zero-order valence-corrected chi connectivity index (χ0v) is 16.4. The Morgan fingerprint density at radius 2 is 2.00 bits per heavy atom. The van der Waals surface area contributed by atoms with Gasteiger partial charge in [-0.3, -0.25) is 9.69 Å². The molecule has 0 aromatic heterocycles. The number of hydrogen-bond donors (Lipinski definition) is 1. The summed E-state index contributed by atoms with van der Waals surface area (Å²) in [6, 6.07) is 14.3. The first-order valence-corrected chi connectivity index (χ1v) is 10.1. The van der Waals surface area contributed by atoms with Gasteiger partial charge in [-0.1, -0.05) is 30.3 Å². The van der Waals surface area contributed by atoms with E-state index in [1.54, 1.807) is 7.11 Å². The molecular formula is C23H28N2O3. The van der Waals surface area contributed by atoms with Crippen LogP contribution in [0.4, 0.5) is 0 Å². The third-order valence-electron chi connectivity index (χ3n) is 5.61. The lowest BCUT2D eigenvalue weighted by molar-refractivity contribution is -0.126. The van der Waals surface area contributed by atoms with E-state index in [2.05, 4.69) is 34.5 Å². The van der Waals surface area contributed by atoms with Crippen molar-refractivity contribution in [2.45, 2.75) is 32.4 Å². The van der Waals surface area contributed by atoms with Gasteiger partial charge in [-0.25, -0.2) is 0 Å². The maximum atomic E-state index is 12.6. The van der Waals surface area contributed by atoms with Crippen molar-refractivity contribution in [2.24, 2.45) is 5.92 Å². The number of nitrogens with zero attached hydrogens (tertiary/aromatic N) is 1. The molecular weight excluding hydrogens is 352 g/mol. The summed E-state index contributed by atoms with van der Waals surface area (Å²) < 4.78 is 11.0. The topological polar surface area (TPSA) is 50.8 Å². The number of ether oxygens (including phenoxy) is 2. The molecule has 0 aliphatic carbocycles. The van der Waals surface area contributed by atoms with E-state index >= 15 is 0 Å². The molecule has 0 spiro atoms. The standard InChI is InChI=1S/C23H28N2O3/c1-27-21-8-7-19-12-20(16-28-22(19)13-21)23(26)24-14-17-5-4-6-18(11-17)15-25-9-2-3-10-25/h4-8,11,13,20H,2-3,9-10,12,14-16H2,1H3,(H,24,26). The molecule has 0 saturated carbocycles. The number of likely N-dealkylation sites (tertiary alicyclic amines) is 1. The number of methoxy groups -OCH3 is 1. The van der Waals surface area contributed by atoms with Crippen LogP contribution in [-0.2, 0) is 24.3 Å². The van der Waals surface area contributed by atoms with Crippen LogP contribution in [0.3, 0.4) is 0 Å². The molecule has 148 valence electrons. The minimum atomic E-state index is -0.159. The number of carbonyl (C=O) groups excluding carboxylic acids is 1. The van der Waals surface area contributed by atoms with Crippen LogP contribution in [0, 0.1) is 5.92 Å². The zero-order chi connectivity index (χ0) is 19.3. The largest absolute Gasteiger partial charge is 0.497 e. The van der Waals surface area contributed by atoms with Crippen LogP contribution in [0.1, 0.15) is 29.5 Å². The summed E-state index contributed by atoms with van der Waals surface area (Å²) in [5, 5.41) is 3.09. The minimum absolute atomic E-state index is 0.0476. The maximum Gasteiger partial charge on any atom is 0.227 e. The fourth-order valence-electron chi connectivity index (χ4n) is 4.02. The summed E-state index contributed by atoms with van der Waals surface area (Å²) in [5.41, 5.74) is 3.52. The molecule has 1 saturated heterocycles. The van der Waals surface area contributed by atoms with Crippen molar-refractivity contribution >= 4 is 5.91 Å². The predicted octanol–water partition coefficient (Wildman–Crippen LogP) is 3.16. The quantitative estimate of drug-likeness (QED) is 0.836. The van der Waals surface area contributed by atoms with Gasteiger partial charge >= 0.3 is 0 Å². The fraction of sp³-hybridized carbons (Fsp3) is 0.435. The van der Waals surface area contributed by atoms with Gasteiger partial charge in [0.1, 0.15) is 18.1 Å². The van der Waals surface area contributed by atoms with E-state index in [0.717, 1.165) is 29.2 Å². The van der Waals surface area contributed by atoms with Gasteiger partial charge in [-0.05, 0) is 55.1 Å². The summed E-state index contributed by atoms with van der Waals surface area (Å²) in [6.07, 6.45) is 3.30. The summed E-state index contributed by atoms with van der Waals surface area (Å²) in [7, 11) is 1.64. The Hall–Kier alpha value is -2.53. The minimum Gasteiger partial charge on any atom is -0.497 e. The van der Waals surface area contributed by atoms with Crippen molar-refractivity contribution in [3.8, 4) is 11.5 Å². The second-order valence-corrected chi connectivity index (χ2v) is 7.71. The van der Waals surface area contributed by atoms with Crippen molar-refractivity contribution in [3.63, 3.8) is 0 Å². The van der Waals surface area contributed by atoms with Gasteiger partial charge < -0.3 is 14.8 Å².